The number of anilines is 2. The van der Waals surface area contributed by atoms with Gasteiger partial charge >= 0.3 is 0 Å². The second-order valence-corrected chi connectivity index (χ2v) is 9.95. The van der Waals surface area contributed by atoms with Crippen molar-refractivity contribution in [1.82, 2.24) is 5.32 Å². The molecule has 0 saturated heterocycles. The Balaban J connectivity index is 1.58. The fourth-order valence-electron chi connectivity index (χ4n) is 6.15. The van der Waals surface area contributed by atoms with E-state index in [4.69, 9.17) is 0 Å². The van der Waals surface area contributed by atoms with Gasteiger partial charge in [0.1, 0.15) is 5.66 Å². The molecule has 1 unspecified atom stereocenters. The van der Waals surface area contributed by atoms with Crippen LogP contribution in [-0.4, -0.2) is 11.9 Å². The maximum atomic E-state index is 14.5. The molecule has 0 aromatic heterocycles. The van der Waals surface area contributed by atoms with E-state index in [1.165, 1.54) is 18.9 Å². The zero-order chi connectivity index (χ0) is 22.8. The van der Waals surface area contributed by atoms with Crippen molar-refractivity contribution in [3.05, 3.63) is 59.7 Å². The Morgan fingerprint density at radius 2 is 1.45 bits per heavy atom. The second-order valence-electron chi connectivity index (χ2n) is 9.95. The largest absolute Gasteiger partial charge is 0.357 e. The Morgan fingerprint density at radius 3 is 2.06 bits per heavy atom. The smallest absolute Gasteiger partial charge is 0.228 e. The maximum absolute atomic E-state index is 14.5. The molecule has 0 bridgehead atoms. The molecular weight excluding hydrogens is 420 g/mol. The molecule has 2 aromatic carbocycles. The summed E-state index contributed by atoms with van der Waals surface area (Å²) in [5.41, 5.74) is 1.24. The number of carbonyl (C=O) groups is 1. The van der Waals surface area contributed by atoms with Crippen molar-refractivity contribution in [2.24, 2.45) is 11.8 Å². The molecule has 33 heavy (non-hydrogen) atoms. The van der Waals surface area contributed by atoms with Crippen LogP contribution >= 0.6 is 0 Å². The predicted molar refractivity (Wildman–Crippen MR) is 127 cm³/mol. The Morgan fingerprint density at radius 1 is 0.848 bits per heavy atom. The van der Waals surface area contributed by atoms with Crippen molar-refractivity contribution in [1.29, 1.82) is 0 Å². The number of rotatable bonds is 5. The van der Waals surface area contributed by atoms with Crippen molar-refractivity contribution in [3.8, 4) is 0 Å². The van der Waals surface area contributed by atoms with Gasteiger partial charge in [0.25, 0.3) is 0 Å². The third-order valence-electron chi connectivity index (χ3n) is 7.79. The van der Waals surface area contributed by atoms with Gasteiger partial charge in [-0.05, 0) is 55.9 Å². The summed E-state index contributed by atoms with van der Waals surface area (Å²) in [7, 11) is 0. The van der Waals surface area contributed by atoms with E-state index in [0.29, 0.717) is 5.56 Å². The summed E-state index contributed by atoms with van der Waals surface area (Å²) in [5.74, 6) is -2.10. The molecule has 2 saturated carbocycles. The molecule has 1 heterocycles. The first-order valence-corrected chi connectivity index (χ1v) is 12.5. The quantitative estimate of drug-likeness (QED) is 0.498. The van der Waals surface area contributed by atoms with Crippen LogP contribution in [0.5, 0.6) is 0 Å². The molecule has 1 atom stereocenters. The normalized spacial score (nSPS) is 21.5. The first-order chi connectivity index (χ1) is 16.1. The Hall–Kier alpha value is -2.63. The average Bonchev–Trinajstić information content (AvgIpc) is 3.22. The number of hydrogen-bond donors (Lipinski definition) is 3. The zero-order valence-corrected chi connectivity index (χ0v) is 19.0. The molecule has 1 aliphatic heterocycles. The van der Waals surface area contributed by atoms with Crippen LogP contribution < -0.4 is 16.0 Å². The van der Waals surface area contributed by atoms with Gasteiger partial charge in [0, 0.05) is 11.6 Å². The molecule has 3 N–H and O–H groups in total. The highest BCUT2D eigenvalue weighted by molar-refractivity contribution is 5.86. The van der Waals surface area contributed by atoms with Gasteiger partial charge < -0.3 is 16.0 Å². The predicted octanol–water partition coefficient (Wildman–Crippen LogP) is 6.30. The van der Waals surface area contributed by atoms with E-state index >= 15 is 0 Å². The summed E-state index contributed by atoms with van der Waals surface area (Å²) in [6.07, 6.45) is 10.7. The number of benzene rings is 2. The molecule has 0 radical (unpaired) electrons. The summed E-state index contributed by atoms with van der Waals surface area (Å²) < 4.78 is 28.4. The van der Waals surface area contributed by atoms with E-state index in [2.05, 4.69) is 16.0 Å². The minimum Gasteiger partial charge on any atom is -0.357 e. The molecule has 176 valence electrons. The van der Waals surface area contributed by atoms with E-state index in [0.717, 1.165) is 68.8 Å². The van der Waals surface area contributed by atoms with Crippen LogP contribution in [0.1, 0.15) is 69.8 Å². The highest BCUT2D eigenvalue weighted by atomic mass is 19.2. The lowest BCUT2D eigenvalue weighted by Gasteiger charge is -2.44. The maximum Gasteiger partial charge on any atom is 0.228 e. The van der Waals surface area contributed by atoms with Crippen LogP contribution in [0.15, 0.2) is 42.5 Å². The van der Waals surface area contributed by atoms with Gasteiger partial charge in [0.05, 0.1) is 17.3 Å². The van der Waals surface area contributed by atoms with Crippen LogP contribution in [-0.2, 0) is 10.5 Å². The third-order valence-corrected chi connectivity index (χ3v) is 7.79. The highest BCUT2D eigenvalue weighted by Crippen LogP contribution is 2.49. The molecule has 5 rings (SSSR count). The number of amides is 1. The Bertz CT molecular complexity index is 974. The lowest BCUT2D eigenvalue weighted by molar-refractivity contribution is -0.130. The van der Waals surface area contributed by atoms with Crippen molar-refractivity contribution >= 4 is 17.3 Å². The van der Waals surface area contributed by atoms with Gasteiger partial charge in [-0.1, -0.05) is 56.7 Å². The van der Waals surface area contributed by atoms with Crippen LogP contribution in [0.4, 0.5) is 20.2 Å². The molecule has 4 nitrogen and oxygen atoms in total. The molecule has 2 aliphatic carbocycles. The van der Waals surface area contributed by atoms with Crippen molar-refractivity contribution in [2.75, 3.05) is 10.6 Å². The molecular formula is C27H33F2N3O. The van der Waals surface area contributed by atoms with E-state index in [1.54, 1.807) is 6.07 Å². The number of fused-ring (bicyclic) bond motifs is 1. The number of hydrogen-bond acceptors (Lipinski definition) is 3. The minimum atomic E-state index is -1.04. The van der Waals surface area contributed by atoms with E-state index in [1.807, 2.05) is 24.3 Å². The minimum absolute atomic E-state index is 0.00587. The third kappa shape index (κ3) is 4.32. The fourth-order valence-corrected chi connectivity index (χ4v) is 6.15. The zero-order valence-electron chi connectivity index (χ0n) is 19.0. The van der Waals surface area contributed by atoms with Gasteiger partial charge in [-0.25, -0.2) is 8.78 Å². The summed E-state index contributed by atoms with van der Waals surface area (Å²) in [6, 6.07) is 12.0. The van der Waals surface area contributed by atoms with Gasteiger partial charge in [-0.15, -0.1) is 0 Å². The summed E-state index contributed by atoms with van der Waals surface area (Å²) in [6.45, 7) is 0. The van der Waals surface area contributed by atoms with Crippen LogP contribution in [0.2, 0.25) is 0 Å². The van der Waals surface area contributed by atoms with E-state index < -0.39 is 23.2 Å². The number of para-hydroxylation sites is 2. The Labute approximate surface area is 194 Å². The SMILES string of the molecule is O=C(NC1CCCCC1)C(C1CCCCC1)C1(c2ccc(F)c(F)c2)Nc2ccccc2N1. The van der Waals surface area contributed by atoms with Crippen molar-refractivity contribution in [2.45, 2.75) is 75.9 Å². The summed E-state index contributed by atoms with van der Waals surface area (Å²) in [4.78, 5) is 14.0. The standard InChI is InChI=1S/C27H33F2N3O/c28-21-16-15-19(17-22(21)29)27(31-23-13-7-8-14-24(23)32-27)25(18-9-3-1-4-10-18)26(33)30-20-11-5-2-6-12-20/h7-8,13-18,20,25,31-32H,1-6,9-12H2,(H,30,33). The number of nitrogens with one attached hydrogen (secondary N) is 3. The lowest BCUT2D eigenvalue weighted by Crippen LogP contribution is -2.56. The highest BCUT2D eigenvalue weighted by Gasteiger charge is 2.52. The van der Waals surface area contributed by atoms with Crippen molar-refractivity contribution < 1.29 is 13.6 Å². The molecule has 2 aromatic rings. The second kappa shape index (κ2) is 9.32. The first kappa shape index (κ1) is 22.2. The van der Waals surface area contributed by atoms with Gasteiger partial charge in [0.2, 0.25) is 5.91 Å². The molecule has 6 heteroatoms. The van der Waals surface area contributed by atoms with Crippen molar-refractivity contribution in [3.63, 3.8) is 0 Å². The van der Waals surface area contributed by atoms with Gasteiger partial charge in [-0.2, -0.15) is 0 Å². The average molecular weight is 454 g/mol. The topological polar surface area (TPSA) is 53.2 Å². The Kier molecular flexibility index (Phi) is 6.26. The van der Waals surface area contributed by atoms with Gasteiger partial charge in [0.15, 0.2) is 11.6 Å². The number of halogens is 2. The van der Waals surface area contributed by atoms with Gasteiger partial charge in [-0.3, -0.25) is 4.79 Å². The van der Waals surface area contributed by atoms with Crippen LogP contribution in [0.25, 0.3) is 0 Å². The lowest BCUT2D eigenvalue weighted by atomic mass is 9.71. The number of carbonyl (C=O) groups excluding carboxylic acids is 1. The van der Waals surface area contributed by atoms with Crippen LogP contribution in [0.3, 0.4) is 0 Å². The summed E-state index contributed by atoms with van der Waals surface area (Å²) >= 11 is 0. The van der Waals surface area contributed by atoms with E-state index in [9.17, 15) is 13.6 Å². The molecule has 2 fully saturated rings. The monoisotopic (exact) mass is 453 g/mol. The van der Waals surface area contributed by atoms with E-state index in [-0.39, 0.29) is 17.9 Å². The van der Waals surface area contributed by atoms with Crippen LogP contribution in [0, 0.1) is 23.5 Å². The summed E-state index contributed by atoms with van der Waals surface area (Å²) in [5, 5.41) is 10.5. The molecule has 1 amide bonds. The first-order valence-electron chi connectivity index (χ1n) is 12.5. The molecule has 0 spiro atoms. The fraction of sp³-hybridized carbons (Fsp3) is 0.519. The molecule has 3 aliphatic rings.